The second kappa shape index (κ2) is 8.96. The monoisotopic (exact) mass is 469 g/mol. The van der Waals surface area contributed by atoms with Gasteiger partial charge in [-0.2, -0.15) is 0 Å². The predicted molar refractivity (Wildman–Crippen MR) is 128 cm³/mol. The molecule has 9 heteroatoms. The highest BCUT2D eigenvalue weighted by molar-refractivity contribution is 6.42. The van der Waals surface area contributed by atoms with Crippen LogP contribution in [-0.4, -0.2) is 40.8 Å². The van der Waals surface area contributed by atoms with Gasteiger partial charge in [0.1, 0.15) is 5.65 Å². The van der Waals surface area contributed by atoms with Crippen LogP contribution in [-0.2, 0) is 11.4 Å². The molecule has 0 atom stereocenters. The van der Waals surface area contributed by atoms with Crippen molar-refractivity contribution in [1.82, 2.24) is 20.0 Å². The van der Waals surface area contributed by atoms with E-state index in [1.54, 1.807) is 29.0 Å². The quantitative estimate of drug-likeness (QED) is 0.470. The van der Waals surface area contributed by atoms with Crippen LogP contribution < -0.4 is 15.9 Å². The highest BCUT2D eigenvalue weighted by Gasteiger charge is 2.14. The fourth-order valence-electron chi connectivity index (χ4n) is 3.90. The smallest absolute Gasteiger partial charge is 0.251 e. The summed E-state index contributed by atoms with van der Waals surface area (Å²) in [7, 11) is 0. The third-order valence-electron chi connectivity index (χ3n) is 5.57. The summed E-state index contributed by atoms with van der Waals surface area (Å²) in [6.07, 6.45) is 5.56. The molecule has 164 valence electrons. The number of benzene rings is 1. The first-order valence-corrected chi connectivity index (χ1v) is 11.1. The third kappa shape index (κ3) is 4.25. The Morgan fingerprint density at radius 2 is 2.00 bits per heavy atom. The first-order valence-electron chi connectivity index (χ1n) is 10.3. The molecule has 1 aliphatic rings. The molecule has 7 nitrogen and oxygen atoms in total. The molecular formula is C23H21Cl2N5O2. The fraction of sp³-hybridized carbons (Fsp3) is 0.217. The summed E-state index contributed by atoms with van der Waals surface area (Å²) < 4.78 is 1.64. The Hall–Kier alpha value is -2.84. The van der Waals surface area contributed by atoms with E-state index in [4.69, 9.17) is 28.0 Å². The molecule has 5 rings (SSSR count). The average Bonchev–Trinajstić information content (AvgIpc) is 3.02. The van der Waals surface area contributed by atoms with Crippen LogP contribution in [0.15, 0.2) is 59.8 Å². The molecule has 0 aliphatic carbocycles. The highest BCUT2D eigenvalue weighted by atomic mass is 35.5. The van der Waals surface area contributed by atoms with Gasteiger partial charge in [0.2, 0.25) is 0 Å². The Balaban J connectivity index is 1.45. The summed E-state index contributed by atoms with van der Waals surface area (Å²) in [5.41, 5.74) is 7.34. The number of hydroxylamine groups is 1. The highest BCUT2D eigenvalue weighted by Crippen LogP contribution is 2.30. The number of fused-ring (bicyclic) bond motifs is 1. The Labute approximate surface area is 194 Å². The van der Waals surface area contributed by atoms with Crippen molar-refractivity contribution in [1.29, 1.82) is 0 Å². The van der Waals surface area contributed by atoms with E-state index in [1.807, 2.05) is 24.5 Å². The van der Waals surface area contributed by atoms with Crippen molar-refractivity contribution >= 4 is 39.9 Å². The first kappa shape index (κ1) is 21.0. The number of hydrogen-bond acceptors (Lipinski definition) is 5. The molecular weight excluding hydrogens is 449 g/mol. The summed E-state index contributed by atoms with van der Waals surface area (Å²) >= 11 is 12.1. The van der Waals surface area contributed by atoms with Gasteiger partial charge in [0.05, 0.1) is 35.1 Å². The second-order valence-corrected chi connectivity index (χ2v) is 8.47. The summed E-state index contributed by atoms with van der Waals surface area (Å²) in [5, 5.41) is 1.94. The lowest BCUT2D eigenvalue weighted by Gasteiger charge is -2.21. The van der Waals surface area contributed by atoms with Crippen molar-refractivity contribution in [3.63, 3.8) is 0 Å². The van der Waals surface area contributed by atoms with Crippen molar-refractivity contribution in [3.05, 3.63) is 81.0 Å². The second-order valence-electron chi connectivity index (χ2n) is 7.65. The van der Waals surface area contributed by atoms with E-state index in [2.05, 4.69) is 26.4 Å². The maximum Gasteiger partial charge on any atom is 0.251 e. The number of nitrogens with one attached hydrogen (secondary N) is 2. The van der Waals surface area contributed by atoms with Crippen molar-refractivity contribution < 1.29 is 4.84 Å². The van der Waals surface area contributed by atoms with Gasteiger partial charge < -0.3 is 14.5 Å². The van der Waals surface area contributed by atoms with E-state index in [1.165, 1.54) is 0 Å². The van der Waals surface area contributed by atoms with E-state index in [0.29, 0.717) is 23.2 Å². The normalized spacial score (nSPS) is 14.6. The minimum absolute atomic E-state index is 0.0947. The van der Waals surface area contributed by atoms with Crippen LogP contribution in [0.4, 0.5) is 5.69 Å². The van der Waals surface area contributed by atoms with Crippen molar-refractivity contribution in [2.24, 2.45) is 0 Å². The van der Waals surface area contributed by atoms with E-state index < -0.39 is 0 Å². The van der Waals surface area contributed by atoms with E-state index in [0.717, 1.165) is 53.0 Å². The van der Waals surface area contributed by atoms with Crippen LogP contribution in [0.3, 0.4) is 0 Å². The van der Waals surface area contributed by atoms with Gasteiger partial charge in [0.25, 0.3) is 5.56 Å². The zero-order chi connectivity index (χ0) is 22.1. The Morgan fingerprint density at radius 3 is 2.84 bits per heavy atom. The summed E-state index contributed by atoms with van der Waals surface area (Å²) in [5.74, 6) is 0. The zero-order valence-corrected chi connectivity index (χ0v) is 18.7. The van der Waals surface area contributed by atoms with Crippen LogP contribution in [0.5, 0.6) is 0 Å². The number of aromatic amines is 1. The van der Waals surface area contributed by atoms with Crippen LogP contribution in [0.25, 0.3) is 22.2 Å². The number of H-pyrrole nitrogens is 1. The first-order chi connectivity index (χ1) is 15.6. The molecule has 0 saturated carbocycles. The largest absolute Gasteiger partial charge is 0.367 e. The van der Waals surface area contributed by atoms with Crippen molar-refractivity contribution in [2.45, 2.75) is 6.54 Å². The molecule has 4 aromatic rings. The molecule has 0 amide bonds. The van der Waals surface area contributed by atoms with Gasteiger partial charge in [-0.15, -0.1) is 0 Å². The minimum Gasteiger partial charge on any atom is -0.367 e. The zero-order valence-electron chi connectivity index (χ0n) is 17.1. The van der Waals surface area contributed by atoms with Crippen LogP contribution in [0.2, 0.25) is 10.0 Å². The van der Waals surface area contributed by atoms with Crippen LogP contribution >= 0.6 is 23.2 Å². The minimum atomic E-state index is -0.0947. The molecule has 4 heterocycles. The molecule has 1 saturated heterocycles. The third-order valence-corrected chi connectivity index (χ3v) is 6.31. The predicted octanol–water partition coefficient (Wildman–Crippen LogP) is 4.09. The van der Waals surface area contributed by atoms with Gasteiger partial charge in [0.15, 0.2) is 0 Å². The number of aromatic nitrogens is 3. The maximum absolute atomic E-state index is 12.8. The molecule has 0 spiro atoms. The number of nitrogens with zero attached hydrogens (tertiary/aromatic N) is 3. The molecule has 2 N–H and O–H groups in total. The number of hydrogen-bond donors (Lipinski definition) is 2. The lowest BCUT2D eigenvalue weighted by molar-refractivity contribution is 0.0589. The lowest BCUT2D eigenvalue weighted by atomic mass is 10.1. The van der Waals surface area contributed by atoms with Gasteiger partial charge in [-0.05, 0) is 35.4 Å². The van der Waals surface area contributed by atoms with Crippen LogP contribution in [0, 0.1) is 0 Å². The van der Waals surface area contributed by atoms with Gasteiger partial charge in [-0.25, -0.2) is 10.5 Å². The number of rotatable bonds is 4. The number of anilines is 1. The molecule has 0 bridgehead atoms. The molecule has 1 aliphatic heterocycles. The molecule has 0 radical (unpaired) electrons. The molecule has 1 aromatic carbocycles. The van der Waals surface area contributed by atoms with E-state index in [-0.39, 0.29) is 5.56 Å². The molecule has 1 fully saturated rings. The standard InChI is InChI=1S/C23H21Cl2N5O2/c24-20-2-1-15(9-21(20)25)14-30-5-3-16(10-22(30)31)19-13-27-23-18(19)11-17(12-26-23)29-6-4-28-32-8-7-29/h1-3,5,9-13,28H,4,6-8,14H2,(H,26,27). The molecule has 32 heavy (non-hydrogen) atoms. The van der Waals surface area contributed by atoms with Gasteiger partial charge in [-0.3, -0.25) is 9.63 Å². The Kier molecular flexibility index (Phi) is 5.89. The fourth-order valence-corrected chi connectivity index (χ4v) is 4.22. The average molecular weight is 470 g/mol. The number of pyridine rings is 2. The molecule has 3 aromatic heterocycles. The summed E-state index contributed by atoms with van der Waals surface area (Å²) in [4.78, 5) is 28.2. The van der Waals surface area contributed by atoms with Gasteiger partial charge >= 0.3 is 0 Å². The van der Waals surface area contributed by atoms with Crippen LogP contribution in [0.1, 0.15) is 5.56 Å². The van der Waals surface area contributed by atoms with E-state index in [9.17, 15) is 4.79 Å². The molecule has 0 unspecified atom stereocenters. The van der Waals surface area contributed by atoms with E-state index >= 15 is 0 Å². The maximum atomic E-state index is 12.8. The Morgan fingerprint density at radius 1 is 1.09 bits per heavy atom. The number of halogens is 2. The van der Waals surface area contributed by atoms with Crippen molar-refractivity contribution in [2.75, 3.05) is 31.1 Å². The Bertz CT molecular complexity index is 1330. The topological polar surface area (TPSA) is 75.2 Å². The summed E-state index contributed by atoms with van der Waals surface area (Å²) in [6.45, 7) is 3.38. The van der Waals surface area contributed by atoms with Crippen molar-refractivity contribution in [3.8, 4) is 11.1 Å². The SMILES string of the molecule is O=c1cc(-c2c[nH]c3ncc(N4CCNOCC4)cc23)ccn1Cc1ccc(Cl)c(Cl)c1. The van der Waals surface area contributed by atoms with Gasteiger partial charge in [-0.1, -0.05) is 29.3 Å². The van der Waals surface area contributed by atoms with Gasteiger partial charge in [0, 0.05) is 49.0 Å². The lowest BCUT2D eigenvalue weighted by Crippen LogP contribution is -2.28. The summed E-state index contributed by atoms with van der Waals surface area (Å²) in [6, 6.07) is 11.1.